The largest absolute Gasteiger partial charge is 0.371 e. The lowest BCUT2D eigenvalue weighted by Gasteiger charge is -2.19. The van der Waals surface area contributed by atoms with Crippen LogP contribution in [0, 0.1) is 5.92 Å². The topological polar surface area (TPSA) is 78.1 Å². The lowest BCUT2D eigenvalue weighted by Crippen LogP contribution is -2.32. The molecule has 0 bridgehead atoms. The fraction of sp³-hybridized carbons (Fsp3) is 0.250. The van der Waals surface area contributed by atoms with Gasteiger partial charge in [0.2, 0.25) is 0 Å². The minimum absolute atomic E-state index is 0.257. The molecule has 2 aromatic carbocycles. The van der Waals surface area contributed by atoms with E-state index in [0.717, 1.165) is 24.0 Å². The van der Waals surface area contributed by atoms with Crippen molar-refractivity contribution in [2.24, 2.45) is 5.92 Å². The van der Waals surface area contributed by atoms with Gasteiger partial charge in [-0.3, -0.25) is 9.59 Å². The highest BCUT2D eigenvalue weighted by atomic mass is 79.9. The number of fused-ring (bicyclic) bond motifs is 1. The third-order valence-corrected chi connectivity index (χ3v) is 5.41. The highest BCUT2D eigenvalue weighted by molar-refractivity contribution is 9.10. The fourth-order valence-corrected chi connectivity index (χ4v) is 3.90. The first-order chi connectivity index (χ1) is 13.1. The molecule has 4 rings (SSSR count). The average molecular weight is 427 g/mol. The van der Waals surface area contributed by atoms with E-state index in [4.69, 9.17) is 0 Å². The first kappa shape index (κ1) is 17.7. The molecule has 1 unspecified atom stereocenters. The normalized spacial score (nSPS) is 16.6. The molecule has 0 saturated carbocycles. The first-order valence-corrected chi connectivity index (χ1v) is 9.67. The van der Waals surface area contributed by atoms with Crippen molar-refractivity contribution in [3.8, 4) is 0 Å². The van der Waals surface area contributed by atoms with Gasteiger partial charge in [0.15, 0.2) is 5.69 Å². The van der Waals surface area contributed by atoms with Gasteiger partial charge in [0, 0.05) is 35.2 Å². The van der Waals surface area contributed by atoms with Gasteiger partial charge in [0.25, 0.3) is 11.5 Å². The van der Waals surface area contributed by atoms with Gasteiger partial charge in [-0.25, -0.2) is 5.10 Å². The van der Waals surface area contributed by atoms with E-state index in [1.54, 1.807) is 24.3 Å². The Morgan fingerprint density at radius 1 is 1.22 bits per heavy atom. The van der Waals surface area contributed by atoms with E-state index in [9.17, 15) is 9.59 Å². The van der Waals surface area contributed by atoms with Crippen LogP contribution in [0.3, 0.4) is 0 Å². The van der Waals surface area contributed by atoms with E-state index in [2.05, 4.69) is 48.5 Å². The van der Waals surface area contributed by atoms with Crippen molar-refractivity contribution in [1.29, 1.82) is 0 Å². The molecule has 0 radical (unpaired) electrons. The van der Waals surface area contributed by atoms with Crippen LogP contribution in [0.1, 0.15) is 16.9 Å². The molecule has 138 valence electrons. The summed E-state index contributed by atoms with van der Waals surface area (Å²) in [7, 11) is 0. The molecule has 0 aliphatic carbocycles. The third-order valence-electron chi connectivity index (χ3n) is 4.92. The van der Waals surface area contributed by atoms with E-state index in [-0.39, 0.29) is 17.2 Å². The second-order valence-corrected chi connectivity index (χ2v) is 7.65. The number of amides is 1. The van der Waals surface area contributed by atoms with E-state index < -0.39 is 0 Å². The zero-order valence-corrected chi connectivity index (χ0v) is 16.2. The molecule has 1 atom stereocenters. The first-order valence-electron chi connectivity index (χ1n) is 8.88. The van der Waals surface area contributed by atoms with Crippen LogP contribution in [0.5, 0.6) is 0 Å². The number of carbonyl (C=O) groups is 1. The molecule has 1 aliphatic rings. The summed E-state index contributed by atoms with van der Waals surface area (Å²) in [6.45, 7) is 2.45. The van der Waals surface area contributed by atoms with Crippen molar-refractivity contribution in [2.75, 3.05) is 24.5 Å². The molecule has 1 amide bonds. The number of halogens is 1. The van der Waals surface area contributed by atoms with Gasteiger partial charge >= 0.3 is 0 Å². The zero-order chi connectivity index (χ0) is 18.8. The molecule has 6 nitrogen and oxygen atoms in total. The van der Waals surface area contributed by atoms with Gasteiger partial charge in [-0.05, 0) is 36.6 Å². The number of rotatable bonds is 4. The Labute approximate surface area is 164 Å². The molecule has 0 spiro atoms. The zero-order valence-electron chi connectivity index (χ0n) is 14.6. The van der Waals surface area contributed by atoms with Gasteiger partial charge in [-0.15, -0.1) is 0 Å². The number of aromatic nitrogens is 2. The van der Waals surface area contributed by atoms with Crippen molar-refractivity contribution < 1.29 is 4.79 Å². The maximum Gasteiger partial charge on any atom is 0.272 e. The summed E-state index contributed by atoms with van der Waals surface area (Å²) >= 11 is 3.51. The SMILES string of the molecule is O=C(NCC1CCN(c2cccc(Br)c2)C1)c1n[nH]c(=O)c2ccccc12. The Bertz CT molecular complexity index is 1050. The number of hydrogen-bond acceptors (Lipinski definition) is 4. The van der Waals surface area contributed by atoms with Crippen LogP contribution in [0.25, 0.3) is 10.8 Å². The van der Waals surface area contributed by atoms with Crippen LogP contribution in [-0.4, -0.2) is 35.7 Å². The van der Waals surface area contributed by atoms with Crippen LogP contribution >= 0.6 is 15.9 Å². The Balaban J connectivity index is 1.42. The van der Waals surface area contributed by atoms with Crippen molar-refractivity contribution in [1.82, 2.24) is 15.5 Å². The van der Waals surface area contributed by atoms with E-state index in [0.29, 0.717) is 23.2 Å². The maximum absolute atomic E-state index is 12.6. The molecule has 2 N–H and O–H groups in total. The summed E-state index contributed by atoms with van der Waals surface area (Å²) in [4.78, 5) is 26.8. The summed E-state index contributed by atoms with van der Waals surface area (Å²) in [6, 6.07) is 15.3. The summed E-state index contributed by atoms with van der Waals surface area (Å²) in [6.07, 6.45) is 1.02. The molecule has 1 aromatic heterocycles. The summed E-state index contributed by atoms with van der Waals surface area (Å²) in [5, 5.41) is 10.4. The molecular formula is C20H19BrN4O2. The predicted molar refractivity (Wildman–Crippen MR) is 109 cm³/mol. The Hall–Kier alpha value is -2.67. The number of nitrogens with one attached hydrogen (secondary N) is 2. The van der Waals surface area contributed by atoms with E-state index in [1.807, 2.05) is 12.1 Å². The second-order valence-electron chi connectivity index (χ2n) is 6.74. The van der Waals surface area contributed by atoms with Crippen molar-refractivity contribution in [3.63, 3.8) is 0 Å². The summed E-state index contributed by atoms with van der Waals surface area (Å²) < 4.78 is 1.06. The number of carbonyl (C=O) groups excluding carboxylic acids is 1. The average Bonchev–Trinajstić information content (AvgIpc) is 3.16. The quantitative estimate of drug-likeness (QED) is 0.671. The molecule has 2 heterocycles. The predicted octanol–water partition coefficient (Wildman–Crippen LogP) is 2.94. The van der Waals surface area contributed by atoms with Crippen LogP contribution in [-0.2, 0) is 0 Å². The highest BCUT2D eigenvalue weighted by Gasteiger charge is 2.24. The number of H-pyrrole nitrogens is 1. The number of anilines is 1. The lowest BCUT2D eigenvalue weighted by molar-refractivity contribution is 0.0944. The number of nitrogens with zero attached hydrogens (tertiary/aromatic N) is 2. The van der Waals surface area contributed by atoms with E-state index in [1.165, 1.54) is 5.69 Å². The minimum Gasteiger partial charge on any atom is -0.371 e. The number of benzene rings is 2. The standard InChI is InChI=1S/C20H19BrN4O2/c21-14-4-3-5-15(10-14)25-9-8-13(12-25)11-22-20(27)18-16-6-1-2-7-17(16)19(26)24-23-18/h1-7,10,13H,8-9,11-12H2,(H,22,27)(H,24,26). The van der Waals surface area contributed by atoms with Crippen LogP contribution in [0.15, 0.2) is 57.8 Å². The maximum atomic E-state index is 12.6. The molecule has 7 heteroatoms. The highest BCUT2D eigenvalue weighted by Crippen LogP contribution is 2.26. The van der Waals surface area contributed by atoms with E-state index >= 15 is 0 Å². The van der Waals surface area contributed by atoms with Crippen LogP contribution in [0.2, 0.25) is 0 Å². The van der Waals surface area contributed by atoms with Gasteiger partial charge in [0.1, 0.15) is 0 Å². The number of hydrogen-bond donors (Lipinski definition) is 2. The van der Waals surface area contributed by atoms with Gasteiger partial charge < -0.3 is 10.2 Å². The lowest BCUT2D eigenvalue weighted by atomic mass is 10.1. The molecule has 27 heavy (non-hydrogen) atoms. The Morgan fingerprint density at radius 2 is 2.04 bits per heavy atom. The Morgan fingerprint density at radius 3 is 2.85 bits per heavy atom. The molecule has 1 aliphatic heterocycles. The monoisotopic (exact) mass is 426 g/mol. The second kappa shape index (κ2) is 7.52. The molecule has 3 aromatic rings. The Kier molecular flexibility index (Phi) is 4.94. The molecule has 1 fully saturated rings. The van der Waals surface area contributed by atoms with Gasteiger partial charge in [-0.1, -0.05) is 40.2 Å². The third kappa shape index (κ3) is 3.73. The van der Waals surface area contributed by atoms with Crippen LogP contribution < -0.4 is 15.8 Å². The van der Waals surface area contributed by atoms with Crippen LogP contribution in [0.4, 0.5) is 5.69 Å². The van der Waals surface area contributed by atoms with Crippen molar-refractivity contribution in [3.05, 3.63) is 69.1 Å². The summed E-state index contributed by atoms with van der Waals surface area (Å²) in [5.41, 5.74) is 1.15. The van der Waals surface area contributed by atoms with Gasteiger partial charge in [-0.2, -0.15) is 5.10 Å². The summed E-state index contributed by atoms with van der Waals surface area (Å²) in [5.74, 6) is 0.116. The fourth-order valence-electron chi connectivity index (χ4n) is 3.52. The number of aromatic amines is 1. The smallest absolute Gasteiger partial charge is 0.272 e. The minimum atomic E-state index is -0.289. The molecule has 1 saturated heterocycles. The molecular weight excluding hydrogens is 408 g/mol. The van der Waals surface area contributed by atoms with Crippen molar-refractivity contribution in [2.45, 2.75) is 6.42 Å². The van der Waals surface area contributed by atoms with Gasteiger partial charge in [0.05, 0.1) is 5.39 Å². The van der Waals surface area contributed by atoms with Crippen molar-refractivity contribution >= 4 is 38.3 Å².